The number of amides is 1. The Hall–Kier alpha value is -3.75. The van der Waals surface area contributed by atoms with Crippen LogP contribution in [0.15, 0.2) is 47.4 Å². The van der Waals surface area contributed by atoms with Gasteiger partial charge in [0, 0.05) is 43.2 Å². The molecule has 0 aliphatic rings. The van der Waals surface area contributed by atoms with E-state index < -0.39 is 0 Å². The molecule has 0 saturated heterocycles. The highest BCUT2D eigenvalue weighted by molar-refractivity contribution is 5.95. The van der Waals surface area contributed by atoms with Crippen molar-refractivity contribution in [3.05, 3.63) is 48.7 Å². The average Bonchev–Trinajstić information content (AvgIpc) is 3.33. The van der Waals surface area contributed by atoms with Crippen molar-refractivity contribution in [3.8, 4) is 11.4 Å². The van der Waals surface area contributed by atoms with Crippen molar-refractivity contribution in [2.75, 3.05) is 17.2 Å². The van der Waals surface area contributed by atoms with Gasteiger partial charge in [-0.05, 0) is 17.5 Å². The minimum absolute atomic E-state index is 0.105. The lowest BCUT2D eigenvalue weighted by Crippen LogP contribution is -2.16. The number of fused-ring (bicyclic) bond motifs is 1. The number of hydrogen-bond acceptors (Lipinski definition) is 7. The van der Waals surface area contributed by atoms with Crippen LogP contribution in [-0.4, -0.2) is 37.8 Å². The predicted octanol–water partition coefficient (Wildman–Crippen LogP) is 2.76. The fourth-order valence-corrected chi connectivity index (χ4v) is 2.70. The van der Waals surface area contributed by atoms with Crippen LogP contribution in [0.3, 0.4) is 0 Å². The van der Waals surface area contributed by atoms with Gasteiger partial charge in [-0.2, -0.15) is 10.1 Å². The molecular weight excluding hydrogens is 346 g/mol. The molecule has 0 unspecified atom stereocenters. The Morgan fingerprint density at radius 2 is 2.22 bits per heavy atom. The molecular formula is C18H17N7O2. The number of pyridine rings is 1. The third-order valence-electron chi connectivity index (χ3n) is 3.98. The number of rotatable bonds is 6. The third kappa shape index (κ3) is 3.76. The molecule has 9 heteroatoms. The van der Waals surface area contributed by atoms with E-state index in [1.807, 2.05) is 24.3 Å². The molecule has 0 radical (unpaired) electrons. The molecule has 4 rings (SSSR count). The minimum atomic E-state index is -0.105. The summed E-state index contributed by atoms with van der Waals surface area (Å²) in [5, 5.41) is 18.3. The van der Waals surface area contributed by atoms with Crippen molar-refractivity contribution < 1.29 is 9.32 Å². The van der Waals surface area contributed by atoms with E-state index in [0.29, 0.717) is 36.2 Å². The number of carbonyl (C=O) groups is 1. The van der Waals surface area contributed by atoms with Crippen molar-refractivity contribution >= 4 is 28.2 Å². The van der Waals surface area contributed by atoms with Gasteiger partial charge in [-0.15, -0.1) is 0 Å². The fraction of sp³-hybridized carbons (Fsp3) is 0.167. The Balaban J connectivity index is 1.48. The first kappa shape index (κ1) is 16.7. The van der Waals surface area contributed by atoms with Crippen molar-refractivity contribution in [2.45, 2.75) is 13.3 Å². The molecule has 27 heavy (non-hydrogen) atoms. The van der Waals surface area contributed by atoms with Crippen molar-refractivity contribution in [3.63, 3.8) is 0 Å². The summed E-state index contributed by atoms with van der Waals surface area (Å²) in [7, 11) is 0. The lowest BCUT2D eigenvalue weighted by atomic mass is 10.1. The van der Waals surface area contributed by atoms with Crippen LogP contribution in [0.5, 0.6) is 0 Å². The van der Waals surface area contributed by atoms with Crippen LogP contribution in [0, 0.1) is 6.92 Å². The molecule has 0 aliphatic heterocycles. The molecule has 0 spiro atoms. The van der Waals surface area contributed by atoms with E-state index in [1.54, 1.807) is 25.5 Å². The van der Waals surface area contributed by atoms with Gasteiger partial charge in [0.1, 0.15) is 5.82 Å². The van der Waals surface area contributed by atoms with Crippen LogP contribution < -0.4 is 10.6 Å². The minimum Gasteiger partial charge on any atom is -0.369 e. The molecule has 3 aromatic heterocycles. The second kappa shape index (κ2) is 7.24. The highest BCUT2D eigenvalue weighted by atomic mass is 16.5. The molecule has 136 valence electrons. The summed E-state index contributed by atoms with van der Waals surface area (Å²) in [6.07, 6.45) is 5.21. The van der Waals surface area contributed by atoms with E-state index >= 15 is 0 Å². The van der Waals surface area contributed by atoms with Gasteiger partial charge in [0.15, 0.2) is 0 Å². The number of anilines is 2. The smallest absolute Gasteiger partial charge is 0.226 e. The van der Waals surface area contributed by atoms with Crippen LogP contribution in [0.2, 0.25) is 0 Å². The number of aryl methyl sites for hydroxylation is 1. The van der Waals surface area contributed by atoms with Gasteiger partial charge in [0.25, 0.3) is 0 Å². The quantitative estimate of drug-likeness (QED) is 0.481. The Morgan fingerprint density at radius 3 is 3.00 bits per heavy atom. The van der Waals surface area contributed by atoms with Gasteiger partial charge in [-0.1, -0.05) is 17.3 Å². The highest BCUT2D eigenvalue weighted by Gasteiger charge is 2.10. The third-order valence-corrected chi connectivity index (χ3v) is 3.98. The van der Waals surface area contributed by atoms with Gasteiger partial charge < -0.3 is 15.2 Å². The Bertz CT molecular complexity index is 1070. The van der Waals surface area contributed by atoms with E-state index in [4.69, 9.17) is 4.52 Å². The van der Waals surface area contributed by atoms with Crippen LogP contribution in [0.4, 0.5) is 11.5 Å². The number of nitrogens with zero attached hydrogens (tertiary/aromatic N) is 4. The van der Waals surface area contributed by atoms with Crippen LogP contribution in [0.1, 0.15) is 12.3 Å². The fourth-order valence-electron chi connectivity index (χ4n) is 2.70. The maximum atomic E-state index is 12.0. The average molecular weight is 363 g/mol. The summed E-state index contributed by atoms with van der Waals surface area (Å²) >= 11 is 0. The van der Waals surface area contributed by atoms with E-state index in [1.165, 1.54) is 0 Å². The van der Waals surface area contributed by atoms with Crippen molar-refractivity contribution in [1.29, 1.82) is 0 Å². The normalized spacial score (nSPS) is 10.9. The Morgan fingerprint density at radius 1 is 1.30 bits per heavy atom. The molecule has 9 nitrogen and oxygen atoms in total. The van der Waals surface area contributed by atoms with Crippen LogP contribution in [-0.2, 0) is 4.79 Å². The summed E-state index contributed by atoms with van der Waals surface area (Å²) in [6.45, 7) is 2.20. The summed E-state index contributed by atoms with van der Waals surface area (Å²) in [4.78, 5) is 20.6. The summed E-state index contributed by atoms with van der Waals surface area (Å²) in [5.74, 6) is 1.64. The van der Waals surface area contributed by atoms with Crippen molar-refractivity contribution in [1.82, 2.24) is 25.3 Å². The maximum Gasteiger partial charge on any atom is 0.226 e. The molecule has 0 bridgehead atoms. The molecule has 4 aromatic rings. The molecule has 3 heterocycles. The first-order valence-corrected chi connectivity index (χ1v) is 8.41. The van der Waals surface area contributed by atoms with Crippen LogP contribution >= 0.6 is 0 Å². The summed E-state index contributed by atoms with van der Waals surface area (Å²) < 4.78 is 5.05. The molecule has 1 amide bonds. The highest BCUT2D eigenvalue weighted by Crippen LogP contribution is 2.26. The summed E-state index contributed by atoms with van der Waals surface area (Å²) in [5.41, 5.74) is 1.48. The second-order valence-corrected chi connectivity index (χ2v) is 5.94. The molecule has 0 atom stereocenters. The predicted molar refractivity (Wildman–Crippen MR) is 100 cm³/mol. The number of nitrogens with one attached hydrogen (secondary N) is 3. The van der Waals surface area contributed by atoms with Gasteiger partial charge in [0.2, 0.25) is 17.6 Å². The van der Waals surface area contributed by atoms with E-state index in [0.717, 1.165) is 16.3 Å². The lowest BCUT2D eigenvalue weighted by Gasteiger charge is -2.09. The largest absolute Gasteiger partial charge is 0.369 e. The molecule has 0 aliphatic carbocycles. The number of hydrogen-bond donors (Lipinski definition) is 3. The van der Waals surface area contributed by atoms with E-state index in [2.05, 4.69) is 36.0 Å². The first-order valence-electron chi connectivity index (χ1n) is 8.41. The molecule has 0 fully saturated rings. The number of aromatic nitrogens is 5. The molecule has 3 N–H and O–H groups in total. The molecule has 0 saturated carbocycles. The van der Waals surface area contributed by atoms with Gasteiger partial charge in [0.05, 0.1) is 11.9 Å². The SMILES string of the molecule is Cc1nc(-c2ccc3ccnc(NCCC(=O)Nc4cn[nH]c4)c3c2)no1. The van der Waals surface area contributed by atoms with Gasteiger partial charge in [-0.3, -0.25) is 9.89 Å². The summed E-state index contributed by atoms with van der Waals surface area (Å²) in [6, 6.07) is 7.81. The number of carbonyl (C=O) groups excluding carboxylic acids is 1. The van der Waals surface area contributed by atoms with E-state index in [-0.39, 0.29) is 5.91 Å². The zero-order valence-corrected chi connectivity index (χ0v) is 14.6. The zero-order valence-electron chi connectivity index (χ0n) is 14.6. The topological polar surface area (TPSA) is 122 Å². The maximum absolute atomic E-state index is 12.0. The number of aromatic amines is 1. The monoisotopic (exact) mass is 363 g/mol. The van der Waals surface area contributed by atoms with Crippen LogP contribution in [0.25, 0.3) is 22.2 Å². The first-order chi connectivity index (χ1) is 13.2. The lowest BCUT2D eigenvalue weighted by molar-refractivity contribution is -0.115. The van der Waals surface area contributed by atoms with E-state index in [9.17, 15) is 4.79 Å². The Labute approximate surface area is 154 Å². The standard InChI is InChI=1S/C18H17N7O2/c1-11-23-17(25-27-11)13-3-2-12-4-6-19-18(15(12)8-13)20-7-5-16(26)24-14-9-21-22-10-14/h2-4,6,8-10H,5,7H2,1H3,(H,19,20)(H,21,22)(H,24,26). The second-order valence-electron chi connectivity index (χ2n) is 5.94. The van der Waals surface area contributed by atoms with Crippen molar-refractivity contribution in [2.24, 2.45) is 0 Å². The van der Waals surface area contributed by atoms with Gasteiger partial charge in [-0.25, -0.2) is 4.98 Å². The number of H-pyrrole nitrogens is 1. The number of benzene rings is 1. The zero-order chi connectivity index (χ0) is 18.6. The molecule has 1 aromatic carbocycles. The Kier molecular flexibility index (Phi) is 4.48. The van der Waals surface area contributed by atoms with Gasteiger partial charge >= 0.3 is 0 Å².